The molecule has 1 fully saturated rings. The molecule has 0 atom stereocenters. The van der Waals surface area contributed by atoms with Gasteiger partial charge in [0.1, 0.15) is 12.4 Å². The molecule has 0 radical (unpaired) electrons. The van der Waals surface area contributed by atoms with E-state index in [9.17, 15) is 0 Å². The molecular formula is C17H29N3O2S. The molecule has 5 nitrogen and oxygen atoms in total. The minimum atomic E-state index is 0.292. The van der Waals surface area contributed by atoms with E-state index < -0.39 is 0 Å². The number of guanidine groups is 1. The maximum atomic E-state index is 5.60. The molecule has 130 valence electrons. The van der Waals surface area contributed by atoms with E-state index in [1.807, 2.05) is 23.9 Å². The van der Waals surface area contributed by atoms with Crippen LogP contribution in [0.4, 0.5) is 0 Å². The third kappa shape index (κ3) is 6.47. The van der Waals surface area contributed by atoms with E-state index in [0.29, 0.717) is 18.0 Å². The second-order valence-electron chi connectivity index (χ2n) is 6.25. The molecule has 1 aliphatic rings. The lowest BCUT2D eigenvalue weighted by molar-refractivity contribution is 0.105. The maximum Gasteiger partial charge on any atom is 0.193 e. The highest BCUT2D eigenvalue weighted by atomic mass is 32.2. The summed E-state index contributed by atoms with van der Waals surface area (Å²) < 4.78 is 11.1. The predicted molar refractivity (Wildman–Crippen MR) is 97.1 cm³/mol. The normalized spacial score (nSPS) is 18.2. The van der Waals surface area contributed by atoms with Gasteiger partial charge in [0.05, 0.1) is 6.26 Å². The monoisotopic (exact) mass is 339 g/mol. The number of ether oxygens (including phenoxy) is 1. The van der Waals surface area contributed by atoms with Crippen LogP contribution in [0.3, 0.4) is 0 Å². The molecule has 1 aliphatic heterocycles. The molecule has 0 amide bonds. The Morgan fingerprint density at radius 3 is 3.09 bits per heavy atom. The van der Waals surface area contributed by atoms with E-state index in [4.69, 9.17) is 14.1 Å². The van der Waals surface area contributed by atoms with Crippen molar-refractivity contribution in [3.63, 3.8) is 0 Å². The van der Waals surface area contributed by atoms with Gasteiger partial charge in [0.25, 0.3) is 0 Å². The standard InChI is InChI=1S/C17H29N3O2S/c1-4-18-16(20-9-12-23-17(2,3)14-20)19-8-6-10-21-13-15-7-5-11-22-15/h5,7,11H,4,6,8-10,12-14H2,1-3H3,(H,18,19). The number of hydrogen-bond acceptors (Lipinski definition) is 4. The molecule has 1 aromatic heterocycles. The van der Waals surface area contributed by atoms with Gasteiger partial charge in [0.15, 0.2) is 5.96 Å². The third-order valence-corrected chi connectivity index (χ3v) is 4.89. The van der Waals surface area contributed by atoms with Crippen LogP contribution in [0, 0.1) is 0 Å². The molecule has 0 aliphatic carbocycles. The largest absolute Gasteiger partial charge is 0.467 e. The first-order valence-electron chi connectivity index (χ1n) is 8.38. The van der Waals surface area contributed by atoms with Crippen LogP contribution < -0.4 is 5.32 Å². The number of aliphatic imine (C=N–C) groups is 1. The van der Waals surface area contributed by atoms with Crippen molar-refractivity contribution in [2.75, 3.05) is 38.5 Å². The highest BCUT2D eigenvalue weighted by molar-refractivity contribution is 8.00. The van der Waals surface area contributed by atoms with Crippen molar-refractivity contribution in [1.29, 1.82) is 0 Å². The van der Waals surface area contributed by atoms with Crippen molar-refractivity contribution in [2.24, 2.45) is 4.99 Å². The molecule has 1 N–H and O–H groups in total. The lowest BCUT2D eigenvalue weighted by Crippen LogP contribution is -2.51. The molecule has 6 heteroatoms. The van der Waals surface area contributed by atoms with Gasteiger partial charge in [0.2, 0.25) is 0 Å². The van der Waals surface area contributed by atoms with Gasteiger partial charge in [-0.25, -0.2) is 0 Å². The molecule has 0 aromatic carbocycles. The van der Waals surface area contributed by atoms with Crippen molar-refractivity contribution in [1.82, 2.24) is 10.2 Å². The number of nitrogens with zero attached hydrogens (tertiary/aromatic N) is 2. The van der Waals surface area contributed by atoms with E-state index in [0.717, 1.165) is 50.1 Å². The summed E-state index contributed by atoms with van der Waals surface area (Å²) in [5.41, 5.74) is 0. The Hall–Kier alpha value is -1.14. The molecule has 0 spiro atoms. The van der Waals surface area contributed by atoms with Crippen LogP contribution in [0.5, 0.6) is 0 Å². The van der Waals surface area contributed by atoms with Crippen molar-refractivity contribution >= 4 is 17.7 Å². The molecule has 0 saturated carbocycles. The first-order chi connectivity index (χ1) is 11.1. The van der Waals surface area contributed by atoms with Gasteiger partial charge in [-0.3, -0.25) is 4.99 Å². The van der Waals surface area contributed by atoms with E-state index >= 15 is 0 Å². The Bertz CT molecular complexity index is 474. The highest BCUT2D eigenvalue weighted by Gasteiger charge is 2.28. The molecule has 0 unspecified atom stereocenters. The first-order valence-corrected chi connectivity index (χ1v) is 9.36. The SMILES string of the molecule is CCNC(=NCCCOCc1ccco1)N1CCSC(C)(C)C1. The van der Waals surface area contributed by atoms with Gasteiger partial charge in [0, 0.05) is 43.3 Å². The molecule has 2 heterocycles. The van der Waals surface area contributed by atoms with Crippen molar-refractivity contribution in [3.8, 4) is 0 Å². The first kappa shape index (κ1) is 18.2. The molecule has 1 aromatic rings. The zero-order chi connectivity index (χ0) is 16.5. The molecule has 2 rings (SSSR count). The van der Waals surface area contributed by atoms with Crippen LogP contribution in [0.1, 0.15) is 33.0 Å². The summed E-state index contributed by atoms with van der Waals surface area (Å²) in [4.78, 5) is 7.13. The van der Waals surface area contributed by atoms with Gasteiger partial charge in [-0.1, -0.05) is 0 Å². The highest BCUT2D eigenvalue weighted by Crippen LogP contribution is 2.29. The second-order valence-corrected chi connectivity index (χ2v) is 8.05. The number of furan rings is 1. The van der Waals surface area contributed by atoms with E-state index in [1.165, 1.54) is 0 Å². The van der Waals surface area contributed by atoms with Gasteiger partial charge in [-0.15, -0.1) is 0 Å². The fourth-order valence-corrected chi connectivity index (χ4v) is 3.65. The average Bonchev–Trinajstić information content (AvgIpc) is 3.02. The van der Waals surface area contributed by atoms with Crippen LogP contribution in [-0.2, 0) is 11.3 Å². The van der Waals surface area contributed by atoms with E-state index in [-0.39, 0.29) is 0 Å². The zero-order valence-corrected chi connectivity index (χ0v) is 15.3. The zero-order valence-electron chi connectivity index (χ0n) is 14.5. The van der Waals surface area contributed by atoms with Crippen molar-refractivity contribution in [2.45, 2.75) is 38.5 Å². The summed E-state index contributed by atoms with van der Waals surface area (Å²) in [6.45, 7) is 11.7. The summed E-state index contributed by atoms with van der Waals surface area (Å²) in [6.07, 6.45) is 2.59. The van der Waals surface area contributed by atoms with Gasteiger partial charge >= 0.3 is 0 Å². The molecule has 0 bridgehead atoms. The smallest absolute Gasteiger partial charge is 0.193 e. The van der Waals surface area contributed by atoms with Gasteiger partial charge < -0.3 is 19.4 Å². The third-order valence-electron chi connectivity index (χ3n) is 3.59. The van der Waals surface area contributed by atoms with Crippen LogP contribution in [0.2, 0.25) is 0 Å². The van der Waals surface area contributed by atoms with Gasteiger partial charge in [-0.05, 0) is 39.3 Å². The minimum Gasteiger partial charge on any atom is -0.467 e. The van der Waals surface area contributed by atoms with Crippen LogP contribution in [0.25, 0.3) is 0 Å². The average molecular weight is 340 g/mol. The Morgan fingerprint density at radius 1 is 1.52 bits per heavy atom. The molecular weight excluding hydrogens is 310 g/mol. The lowest BCUT2D eigenvalue weighted by Gasteiger charge is -2.39. The van der Waals surface area contributed by atoms with Gasteiger partial charge in [-0.2, -0.15) is 11.8 Å². The Labute approximate surface area is 143 Å². The van der Waals surface area contributed by atoms with Crippen LogP contribution >= 0.6 is 11.8 Å². The van der Waals surface area contributed by atoms with E-state index in [1.54, 1.807) is 6.26 Å². The predicted octanol–water partition coefficient (Wildman–Crippen LogP) is 2.98. The number of thioether (sulfide) groups is 1. The Balaban J connectivity index is 1.72. The van der Waals surface area contributed by atoms with Crippen LogP contribution in [-0.4, -0.2) is 54.1 Å². The minimum absolute atomic E-state index is 0.292. The number of hydrogen-bond donors (Lipinski definition) is 1. The summed E-state index contributed by atoms with van der Waals surface area (Å²) in [5, 5.41) is 3.41. The van der Waals surface area contributed by atoms with Crippen molar-refractivity contribution in [3.05, 3.63) is 24.2 Å². The number of nitrogens with one attached hydrogen (secondary N) is 1. The molecule has 1 saturated heterocycles. The second kappa shape index (κ2) is 9.23. The summed E-state index contributed by atoms with van der Waals surface area (Å²) in [6, 6.07) is 3.81. The molecule has 23 heavy (non-hydrogen) atoms. The van der Waals surface area contributed by atoms with E-state index in [2.05, 4.69) is 31.0 Å². The Kier molecular flexibility index (Phi) is 7.30. The lowest BCUT2D eigenvalue weighted by atomic mass is 10.2. The summed E-state index contributed by atoms with van der Waals surface area (Å²) in [7, 11) is 0. The summed E-state index contributed by atoms with van der Waals surface area (Å²) >= 11 is 2.04. The maximum absolute atomic E-state index is 5.60. The fourth-order valence-electron chi connectivity index (χ4n) is 2.54. The summed E-state index contributed by atoms with van der Waals surface area (Å²) in [5.74, 6) is 3.06. The fraction of sp³-hybridized carbons (Fsp3) is 0.706. The van der Waals surface area contributed by atoms with Crippen molar-refractivity contribution < 1.29 is 9.15 Å². The topological polar surface area (TPSA) is 50.0 Å². The van der Waals surface area contributed by atoms with Crippen LogP contribution in [0.15, 0.2) is 27.8 Å². The quantitative estimate of drug-likeness (QED) is 0.470. The Morgan fingerprint density at radius 2 is 2.39 bits per heavy atom. The number of rotatable bonds is 7.